The van der Waals surface area contributed by atoms with Gasteiger partial charge in [-0.05, 0) is 6.42 Å². The van der Waals surface area contributed by atoms with Gasteiger partial charge in [0, 0.05) is 13.1 Å². The molecule has 0 radical (unpaired) electrons. The minimum absolute atomic E-state index is 0.0354. The molecule has 4 N–H and O–H groups in total. The normalized spacial score (nSPS) is 9.93. The molecule has 0 aromatic carbocycles. The van der Waals surface area contributed by atoms with Crippen LogP contribution in [-0.2, 0) is 14.3 Å². The van der Waals surface area contributed by atoms with Crippen molar-refractivity contribution in [2.24, 2.45) is 5.73 Å². The van der Waals surface area contributed by atoms with Gasteiger partial charge in [-0.25, -0.2) is 0 Å². The second-order valence-corrected chi connectivity index (χ2v) is 3.05. The number of rotatable bonds is 9. The number of nitrogens with two attached hydrogens (primary N) is 1. The van der Waals surface area contributed by atoms with Crippen LogP contribution in [0.5, 0.6) is 0 Å². The second-order valence-electron chi connectivity index (χ2n) is 3.05. The quantitative estimate of drug-likeness (QED) is 0.414. The van der Waals surface area contributed by atoms with Crippen LogP contribution in [0.2, 0.25) is 0 Å². The molecule has 88 valence electrons. The summed E-state index contributed by atoms with van der Waals surface area (Å²) in [4.78, 5) is 21.3. The van der Waals surface area contributed by atoms with Crippen molar-refractivity contribution in [1.29, 1.82) is 0 Å². The molecule has 0 heterocycles. The van der Waals surface area contributed by atoms with Gasteiger partial charge < -0.3 is 21.1 Å². The molecule has 0 saturated carbocycles. The lowest BCUT2D eigenvalue weighted by molar-refractivity contribution is -0.123. The molecule has 0 spiro atoms. The standard InChI is InChI=1S/C9H19N3O3/c1-2-3-12-9(14)6-11-4-5-15-7-8(10)13/h11H,2-7H2,1H3,(H2,10,13)(H,12,14). The van der Waals surface area contributed by atoms with E-state index in [1.165, 1.54) is 0 Å². The van der Waals surface area contributed by atoms with Gasteiger partial charge in [-0.1, -0.05) is 6.92 Å². The van der Waals surface area contributed by atoms with Crippen LogP contribution in [0.15, 0.2) is 0 Å². The molecule has 0 rings (SSSR count). The molecule has 0 aromatic rings. The Balaban J connectivity index is 3.16. The van der Waals surface area contributed by atoms with Gasteiger partial charge in [0.25, 0.3) is 0 Å². The summed E-state index contributed by atoms with van der Waals surface area (Å²) in [6.45, 7) is 3.75. The Kier molecular flexibility index (Phi) is 8.70. The van der Waals surface area contributed by atoms with E-state index in [1.807, 2.05) is 6.92 Å². The molecule has 0 aromatic heterocycles. The smallest absolute Gasteiger partial charge is 0.243 e. The predicted octanol–water partition coefficient (Wildman–Crippen LogP) is -1.40. The molecule has 0 saturated heterocycles. The van der Waals surface area contributed by atoms with E-state index in [1.54, 1.807) is 0 Å². The van der Waals surface area contributed by atoms with Crippen LogP contribution in [0.3, 0.4) is 0 Å². The van der Waals surface area contributed by atoms with E-state index in [2.05, 4.69) is 10.6 Å². The zero-order chi connectivity index (χ0) is 11.5. The van der Waals surface area contributed by atoms with Gasteiger partial charge >= 0.3 is 0 Å². The first kappa shape index (κ1) is 13.9. The molecular weight excluding hydrogens is 198 g/mol. The van der Waals surface area contributed by atoms with Crippen molar-refractivity contribution < 1.29 is 14.3 Å². The van der Waals surface area contributed by atoms with Gasteiger partial charge in [0.1, 0.15) is 6.61 Å². The van der Waals surface area contributed by atoms with E-state index >= 15 is 0 Å². The number of hydrogen-bond acceptors (Lipinski definition) is 4. The Hall–Kier alpha value is -1.14. The topological polar surface area (TPSA) is 93.4 Å². The molecule has 0 fully saturated rings. The van der Waals surface area contributed by atoms with Crippen LogP contribution in [-0.4, -0.2) is 44.7 Å². The summed E-state index contributed by atoms with van der Waals surface area (Å²) in [7, 11) is 0. The third kappa shape index (κ3) is 10.8. The lowest BCUT2D eigenvalue weighted by Gasteiger charge is -2.05. The van der Waals surface area contributed by atoms with Crippen LogP contribution >= 0.6 is 0 Å². The van der Waals surface area contributed by atoms with E-state index in [4.69, 9.17) is 10.5 Å². The molecule has 0 aliphatic carbocycles. The molecule has 6 heteroatoms. The molecule has 0 atom stereocenters. The maximum absolute atomic E-state index is 11.1. The van der Waals surface area contributed by atoms with Gasteiger partial charge in [0.2, 0.25) is 11.8 Å². The third-order valence-electron chi connectivity index (χ3n) is 1.53. The van der Waals surface area contributed by atoms with Gasteiger partial charge in [0.15, 0.2) is 0 Å². The molecular formula is C9H19N3O3. The van der Waals surface area contributed by atoms with Crippen molar-refractivity contribution >= 4 is 11.8 Å². The van der Waals surface area contributed by atoms with Crippen LogP contribution < -0.4 is 16.4 Å². The van der Waals surface area contributed by atoms with Crippen molar-refractivity contribution in [3.8, 4) is 0 Å². The highest BCUT2D eigenvalue weighted by molar-refractivity contribution is 5.77. The first-order valence-electron chi connectivity index (χ1n) is 5.00. The maximum atomic E-state index is 11.1. The Bertz CT molecular complexity index is 197. The fourth-order valence-electron chi connectivity index (χ4n) is 0.846. The van der Waals surface area contributed by atoms with E-state index < -0.39 is 5.91 Å². The summed E-state index contributed by atoms with van der Waals surface area (Å²) in [6.07, 6.45) is 0.924. The number of carbonyl (C=O) groups excluding carboxylic acids is 2. The average molecular weight is 217 g/mol. The van der Waals surface area contributed by atoms with Gasteiger partial charge in [-0.2, -0.15) is 0 Å². The summed E-state index contributed by atoms with van der Waals surface area (Å²) in [5, 5.41) is 5.60. The Labute approximate surface area is 89.5 Å². The summed E-state index contributed by atoms with van der Waals surface area (Å²) < 4.78 is 4.89. The number of ether oxygens (including phenoxy) is 1. The van der Waals surface area contributed by atoms with E-state index in [0.717, 1.165) is 6.42 Å². The number of primary amides is 1. The van der Waals surface area contributed by atoms with Crippen molar-refractivity contribution in [2.45, 2.75) is 13.3 Å². The van der Waals surface area contributed by atoms with E-state index in [0.29, 0.717) is 19.7 Å². The second kappa shape index (κ2) is 9.42. The SMILES string of the molecule is CCCNC(=O)CNCCOCC(N)=O. The molecule has 2 amide bonds. The highest BCUT2D eigenvalue weighted by Crippen LogP contribution is 1.73. The predicted molar refractivity (Wildman–Crippen MR) is 56.2 cm³/mol. The maximum Gasteiger partial charge on any atom is 0.243 e. The van der Waals surface area contributed by atoms with Gasteiger partial charge in [-0.3, -0.25) is 9.59 Å². The summed E-state index contributed by atoms with van der Waals surface area (Å²) in [5.74, 6) is -0.526. The van der Waals surface area contributed by atoms with Crippen molar-refractivity contribution in [2.75, 3.05) is 32.8 Å². The average Bonchev–Trinajstić information content (AvgIpc) is 2.19. The van der Waals surface area contributed by atoms with Crippen LogP contribution in [0.1, 0.15) is 13.3 Å². The Morgan fingerprint density at radius 3 is 2.67 bits per heavy atom. The third-order valence-corrected chi connectivity index (χ3v) is 1.53. The van der Waals surface area contributed by atoms with Crippen molar-refractivity contribution in [3.63, 3.8) is 0 Å². The minimum Gasteiger partial charge on any atom is -0.370 e. The monoisotopic (exact) mass is 217 g/mol. The lowest BCUT2D eigenvalue weighted by Crippen LogP contribution is -2.35. The summed E-state index contributed by atoms with van der Waals surface area (Å²) >= 11 is 0. The molecule has 15 heavy (non-hydrogen) atoms. The zero-order valence-corrected chi connectivity index (χ0v) is 9.04. The Morgan fingerprint density at radius 2 is 2.07 bits per heavy atom. The van der Waals surface area contributed by atoms with Crippen LogP contribution in [0.4, 0.5) is 0 Å². The van der Waals surface area contributed by atoms with E-state index in [9.17, 15) is 9.59 Å². The number of nitrogens with one attached hydrogen (secondary N) is 2. The largest absolute Gasteiger partial charge is 0.370 e. The molecule has 0 aliphatic rings. The number of amides is 2. The summed E-state index contributed by atoms with van der Waals surface area (Å²) in [5.41, 5.74) is 4.86. The minimum atomic E-state index is -0.490. The van der Waals surface area contributed by atoms with Crippen LogP contribution in [0.25, 0.3) is 0 Å². The summed E-state index contributed by atoms with van der Waals surface area (Å²) in [6, 6.07) is 0. The first-order valence-corrected chi connectivity index (χ1v) is 5.00. The van der Waals surface area contributed by atoms with E-state index in [-0.39, 0.29) is 19.1 Å². The highest BCUT2D eigenvalue weighted by atomic mass is 16.5. The highest BCUT2D eigenvalue weighted by Gasteiger charge is 1.98. The number of hydrogen-bond donors (Lipinski definition) is 3. The molecule has 0 bridgehead atoms. The van der Waals surface area contributed by atoms with Crippen LogP contribution in [0, 0.1) is 0 Å². The van der Waals surface area contributed by atoms with Crippen molar-refractivity contribution in [3.05, 3.63) is 0 Å². The van der Waals surface area contributed by atoms with Gasteiger partial charge in [-0.15, -0.1) is 0 Å². The zero-order valence-electron chi connectivity index (χ0n) is 9.04. The lowest BCUT2D eigenvalue weighted by atomic mass is 10.4. The van der Waals surface area contributed by atoms with Gasteiger partial charge in [0.05, 0.1) is 13.2 Å². The Morgan fingerprint density at radius 1 is 1.33 bits per heavy atom. The van der Waals surface area contributed by atoms with Crippen molar-refractivity contribution in [1.82, 2.24) is 10.6 Å². The number of carbonyl (C=O) groups is 2. The molecule has 0 aliphatic heterocycles. The fraction of sp³-hybridized carbons (Fsp3) is 0.778. The fourth-order valence-corrected chi connectivity index (χ4v) is 0.846. The molecule has 6 nitrogen and oxygen atoms in total. The first-order chi connectivity index (χ1) is 7.16. The molecule has 0 unspecified atom stereocenters.